The summed E-state index contributed by atoms with van der Waals surface area (Å²) in [6, 6.07) is 12.4. The van der Waals surface area contributed by atoms with Crippen molar-refractivity contribution in [3.05, 3.63) is 70.6 Å². The normalized spacial score (nSPS) is 17.7. The number of fused-ring (bicyclic) bond motifs is 1. The molecule has 2 aliphatic heterocycles. The van der Waals surface area contributed by atoms with Crippen molar-refractivity contribution in [2.75, 3.05) is 37.7 Å². The fraction of sp³-hybridized carbons (Fsp3) is 0.448. The highest BCUT2D eigenvalue weighted by atomic mass is 32.1. The van der Waals surface area contributed by atoms with E-state index in [1.807, 2.05) is 36.4 Å². The van der Waals surface area contributed by atoms with Crippen LogP contribution in [0.3, 0.4) is 0 Å². The predicted molar refractivity (Wildman–Crippen MR) is 153 cm³/mol. The van der Waals surface area contributed by atoms with Gasteiger partial charge in [-0.3, -0.25) is 0 Å². The number of benzene rings is 1. The number of amides is 2. The first-order valence-corrected chi connectivity index (χ1v) is 14.5. The summed E-state index contributed by atoms with van der Waals surface area (Å²) < 4.78 is 7.92. The van der Waals surface area contributed by atoms with Crippen LogP contribution in [0.15, 0.2) is 48.8 Å². The molecule has 1 N–H and O–H groups in total. The molecule has 4 aromatic rings. The number of rotatable bonds is 8. The van der Waals surface area contributed by atoms with Gasteiger partial charge >= 0.3 is 6.03 Å². The molecule has 10 heteroatoms. The largest absolute Gasteiger partial charge is 0.491 e. The average Bonchev–Trinajstić information content (AvgIpc) is 3.64. The van der Waals surface area contributed by atoms with Crippen LogP contribution in [-0.2, 0) is 6.42 Å². The first kappa shape index (κ1) is 25.6. The van der Waals surface area contributed by atoms with E-state index in [0.29, 0.717) is 19.6 Å². The summed E-state index contributed by atoms with van der Waals surface area (Å²) in [5.74, 6) is 1.79. The maximum Gasteiger partial charge on any atom is 0.317 e. The number of anilines is 1. The van der Waals surface area contributed by atoms with E-state index in [0.717, 1.165) is 60.4 Å². The Hall–Kier alpha value is -3.66. The van der Waals surface area contributed by atoms with Crippen molar-refractivity contribution in [1.82, 2.24) is 29.8 Å². The summed E-state index contributed by atoms with van der Waals surface area (Å²) in [7, 11) is 0. The smallest absolute Gasteiger partial charge is 0.317 e. The molecular weight excluding hydrogens is 510 g/mol. The van der Waals surface area contributed by atoms with Crippen molar-refractivity contribution in [3.63, 3.8) is 0 Å². The number of nitrogens with one attached hydrogen (secondary N) is 1. The number of piperidine rings is 1. The van der Waals surface area contributed by atoms with E-state index in [9.17, 15) is 4.79 Å². The number of hydrogen-bond donors (Lipinski definition) is 1. The number of ether oxygens (including phenoxy) is 1. The van der Waals surface area contributed by atoms with Crippen LogP contribution in [0.25, 0.3) is 5.65 Å². The number of aryl methyl sites for hydroxylation is 2. The molecule has 1 atom stereocenters. The third-order valence-electron chi connectivity index (χ3n) is 7.86. The Kier molecular flexibility index (Phi) is 6.88. The molecule has 0 radical (unpaired) electrons. The third-order valence-corrected chi connectivity index (χ3v) is 8.84. The Morgan fingerprint density at radius 1 is 1.18 bits per heavy atom. The lowest BCUT2D eigenvalue weighted by molar-refractivity contribution is 0.217. The fourth-order valence-corrected chi connectivity index (χ4v) is 6.35. The van der Waals surface area contributed by atoms with E-state index < -0.39 is 0 Å². The lowest BCUT2D eigenvalue weighted by atomic mass is 9.88. The molecule has 0 saturated carbocycles. The topological polar surface area (TPSA) is 87.9 Å². The van der Waals surface area contributed by atoms with Crippen molar-refractivity contribution in [2.24, 2.45) is 0 Å². The molecule has 1 aromatic carbocycles. The molecule has 204 valence electrons. The molecule has 0 aliphatic carbocycles. The SMILES string of the molecule is Cc1cnc(N2CCC3(CC2)CN(CCc2nc4c(C)cc(OC[C@H](C)c5ccccc5)cn4n2)C(=O)N3)s1. The number of carbonyl (C=O) groups is 1. The molecule has 6 rings (SSSR count). The van der Waals surface area contributed by atoms with Crippen LogP contribution in [-0.4, -0.2) is 68.8 Å². The highest BCUT2D eigenvalue weighted by Crippen LogP contribution is 2.32. The van der Waals surface area contributed by atoms with Crippen molar-refractivity contribution in [3.8, 4) is 5.75 Å². The van der Waals surface area contributed by atoms with Crippen molar-refractivity contribution in [2.45, 2.75) is 51.5 Å². The third kappa shape index (κ3) is 5.43. The molecule has 0 bridgehead atoms. The van der Waals surface area contributed by atoms with Gasteiger partial charge in [0.05, 0.1) is 18.3 Å². The number of urea groups is 1. The van der Waals surface area contributed by atoms with E-state index in [2.05, 4.69) is 53.3 Å². The first-order valence-electron chi connectivity index (χ1n) is 13.7. The van der Waals surface area contributed by atoms with Gasteiger partial charge in [0.1, 0.15) is 5.75 Å². The monoisotopic (exact) mass is 545 g/mol. The Labute approximate surface area is 232 Å². The second-order valence-electron chi connectivity index (χ2n) is 10.9. The number of nitrogens with zero attached hydrogens (tertiary/aromatic N) is 6. The molecular formula is C29H35N7O2S. The molecule has 5 heterocycles. The standard InChI is InChI=1S/C29H35N7O2S/c1-20-15-24(38-18-21(2)23-7-5-4-6-8-23)17-36-26(20)31-25(33-36)9-12-35-19-29(32-27(35)37)10-13-34(14-11-29)28-30-16-22(3)39-28/h4-8,15-17,21H,9-14,18-19H2,1-3H3,(H,32,37)/t21-/m0/s1. The van der Waals surface area contributed by atoms with Crippen LogP contribution in [0.4, 0.5) is 9.93 Å². The summed E-state index contributed by atoms with van der Waals surface area (Å²) in [4.78, 5) is 27.6. The van der Waals surface area contributed by atoms with E-state index >= 15 is 0 Å². The summed E-state index contributed by atoms with van der Waals surface area (Å²) >= 11 is 1.73. The minimum Gasteiger partial charge on any atom is -0.491 e. The Morgan fingerprint density at radius 3 is 2.72 bits per heavy atom. The highest BCUT2D eigenvalue weighted by Gasteiger charge is 2.44. The van der Waals surface area contributed by atoms with E-state index in [-0.39, 0.29) is 17.5 Å². The lowest BCUT2D eigenvalue weighted by Crippen LogP contribution is -2.52. The zero-order chi connectivity index (χ0) is 27.0. The van der Waals surface area contributed by atoms with Gasteiger partial charge in [0.2, 0.25) is 0 Å². The second-order valence-corrected chi connectivity index (χ2v) is 12.1. The van der Waals surface area contributed by atoms with E-state index in [4.69, 9.17) is 14.8 Å². The second kappa shape index (κ2) is 10.5. The van der Waals surface area contributed by atoms with Gasteiger partial charge in [0, 0.05) is 49.6 Å². The van der Waals surface area contributed by atoms with Gasteiger partial charge in [0.15, 0.2) is 16.6 Å². The number of aromatic nitrogens is 4. The van der Waals surface area contributed by atoms with Crippen LogP contribution in [0.2, 0.25) is 0 Å². The van der Waals surface area contributed by atoms with Crippen LogP contribution >= 0.6 is 11.3 Å². The molecule has 9 nitrogen and oxygen atoms in total. The highest BCUT2D eigenvalue weighted by molar-refractivity contribution is 7.15. The Morgan fingerprint density at radius 2 is 1.97 bits per heavy atom. The van der Waals surface area contributed by atoms with Gasteiger partial charge < -0.3 is 19.9 Å². The van der Waals surface area contributed by atoms with Crippen molar-refractivity contribution < 1.29 is 9.53 Å². The van der Waals surface area contributed by atoms with Crippen LogP contribution < -0.4 is 15.0 Å². The van der Waals surface area contributed by atoms with Gasteiger partial charge in [-0.1, -0.05) is 37.3 Å². The summed E-state index contributed by atoms with van der Waals surface area (Å²) in [6.07, 6.45) is 6.28. The molecule has 2 fully saturated rings. The molecule has 0 unspecified atom stereocenters. The van der Waals surface area contributed by atoms with Crippen LogP contribution in [0.1, 0.15) is 47.5 Å². The van der Waals surface area contributed by atoms with Crippen LogP contribution in [0.5, 0.6) is 5.75 Å². The summed E-state index contributed by atoms with van der Waals surface area (Å²) in [6.45, 7) is 9.99. The summed E-state index contributed by atoms with van der Waals surface area (Å²) in [5.41, 5.74) is 2.93. The molecule has 39 heavy (non-hydrogen) atoms. The van der Waals surface area contributed by atoms with E-state index in [1.165, 1.54) is 10.4 Å². The first-order chi connectivity index (χ1) is 18.9. The lowest BCUT2D eigenvalue weighted by Gasteiger charge is -2.38. The molecule has 3 aromatic heterocycles. The zero-order valence-corrected chi connectivity index (χ0v) is 23.6. The van der Waals surface area contributed by atoms with Crippen molar-refractivity contribution >= 4 is 28.1 Å². The van der Waals surface area contributed by atoms with Gasteiger partial charge in [-0.2, -0.15) is 5.10 Å². The molecule has 1 spiro atoms. The molecule has 2 aliphatic rings. The Bertz CT molecular complexity index is 1460. The Balaban J connectivity index is 1.05. The van der Waals surface area contributed by atoms with Gasteiger partial charge in [-0.05, 0) is 43.9 Å². The van der Waals surface area contributed by atoms with Gasteiger partial charge in [-0.15, -0.1) is 11.3 Å². The van der Waals surface area contributed by atoms with Crippen LogP contribution in [0, 0.1) is 13.8 Å². The zero-order valence-electron chi connectivity index (χ0n) is 22.8. The minimum atomic E-state index is -0.161. The maximum absolute atomic E-state index is 12.9. The quantitative estimate of drug-likeness (QED) is 0.348. The van der Waals surface area contributed by atoms with Gasteiger partial charge in [-0.25, -0.2) is 19.3 Å². The minimum absolute atomic E-state index is 0.0108. The van der Waals surface area contributed by atoms with Crippen molar-refractivity contribution in [1.29, 1.82) is 0 Å². The number of carbonyl (C=O) groups excluding carboxylic acids is 1. The predicted octanol–water partition coefficient (Wildman–Crippen LogP) is 4.59. The van der Waals surface area contributed by atoms with E-state index in [1.54, 1.807) is 15.9 Å². The maximum atomic E-state index is 12.9. The van der Waals surface area contributed by atoms with Gasteiger partial charge in [0.25, 0.3) is 0 Å². The molecule has 2 saturated heterocycles. The number of pyridine rings is 1. The fourth-order valence-electron chi connectivity index (χ4n) is 5.54. The molecule has 2 amide bonds. The average molecular weight is 546 g/mol. The number of hydrogen-bond acceptors (Lipinski definition) is 7. The summed E-state index contributed by atoms with van der Waals surface area (Å²) in [5, 5.41) is 9.08. The number of thiazole rings is 1.